The fraction of sp³-hybridized carbons (Fsp3) is 0.357. The van der Waals surface area contributed by atoms with Crippen LogP contribution in [0, 0.1) is 5.82 Å². The molecule has 19 heavy (non-hydrogen) atoms. The number of nitrogen functional groups attached to an aromatic ring is 1. The first-order valence-corrected chi connectivity index (χ1v) is 7.13. The molecule has 1 heterocycles. The number of nitrogens with zero attached hydrogens (tertiary/aromatic N) is 2. The second kappa shape index (κ2) is 4.81. The van der Waals surface area contributed by atoms with E-state index in [0.29, 0.717) is 23.8 Å². The molecule has 3 nitrogen and oxygen atoms in total. The zero-order valence-corrected chi connectivity index (χ0v) is 11.6. The Morgan fingerprint density at radius 1 is 1.42 bits per heavy atom. The van der Waals surface area contributed by atoms with Crippen LogP contribution >= 0.6 is 11.5 Å². The normalized spacial score (nSPS) is 14.6. The van der Waals surface area contributed by atoms with E-state index in [1.165, 1.54) is 30.4 Å². The highest BCUT2D eigenvalue weighted by atomic mass is 32.1. The molecule has 1 aliphatic carbocycles. The zero-order chi connectivity index (χ0) is 13.4. The third-order valence-electron chi connectivity index (χ3n) is 3.43. The van der Waals surface area contributed by atoms with E-state index in [0.717, 1.165) is 10.6 Å². The van der Waals surface area contributed by atoms with Crippen LogP contribution in [0.5, 0.6) is 0 Å². The zero-order valence-electron chi connectivity index (χ0n) is 10.8. The van der Waals surface area contributed by atoms with Crippen LogP contribution in [0.15, 0.2) is 24.3 Å². The number of hydrogen-bond acceptors (Lipinski definition) is 4. The third kappa shape index (κ3) is 2.42. The van der Waals surface area contributed by atoms with Gasteiger partial charge >= 0.3 is 0 Å². The van der Waals surface area contributed by atoms with Gasteiger partial charge < -0.3 is 10.6 Å². The van der Waals surface area contributed by atoms with Gasteiger partial charge in [-0.1, -0.05) is 18.2 Å². The predicted octanol–water partition coefficient (Wildman–Crippen LogP) is 3.38. The SMILES string of the molecule is CN(Cc1ccccc1F)c1snc(N)c1C1CC1. The van der Waals surface area contributed by atoms with E-state index >= 15 is 0 Å². The summed E-state index contributed by atoms with van der Waals surface area (Å²) in [6.45, 7) is 0.536. The lowest BCUT2D eigenvalue weighted by molar-refractivity contribution is 0.608. The maximum atomic E-state index is 13.7. The molecule has 2 N–H and O–H groups in total. The molecule has 0 atom stereocenters. The molecule has 0 amide bonds. The summed E-state index contributed by atoms with van der Waals surface area (Å²) < 4.78 is 17.9. The van der Waals surface area contributed by atoms with Crippen molar-refractivity contribution in [1.82, 2.24) is 4.37 Å². The van der Waals surface area contributed by atoms with Crippen molar-refractivity contribution in [2.24, 2.45) is 0 Å². The van der Waals surface area contributed by atoms with Crippen molar-refractivity contribution in [1.29, 1.82) is 0 Å². The number of benzene rings is 1. The van der Waals surface area contributed by atoms with Crippen molar-refractivity contribution >= 4 is 22.4 Å². The molecule has 0 radical (unpaired) electrons. The van der Waals surface area contributed by atoms with Crippen LogP contribution in [0.3, 0.4) is 0 Å². The average molecular weight is 277 g/mol. The lowest BCUT2D eigenvalue weighted by Gasteiger charge is -2.19. The molecule has 1 aromatic heterocycles. The van der Waals surface area contributed by atoms with E-state index in [1.54, 1.807) is 6.07 Å². The Morgan fingerprint density at radius 2 is 2.16 bits per heavy atom. The molecule has 0 unspecified atom stereocenters. The van der Waals surface area contributed by atoms with E-state index < -0.39 is 0 Å². The second-order valence-corrected chi connectivity index (χ2v) is 5.76. The summed E-state index contributed by atoms with van der Waals surface area (Å²) in [5, 5.41) is 1.07. The lowest BCUT2D eigenvalue weighted by atomic mass is 10.1. The van der Waals surface area contributed by atoms with Crippen LogP contribution in [-0.4, -0.2) is 11.4 Å². The monoisotopic (exact) mass is 277 g/mol. The van der Waals surface area contributed by atoms with E-state index in [2.05, 4.69) is 4.37 Å². The number of anilines is 2. The van der Waals surface area contributed by atoms with Gasteiger partial charge in [0.2, 0.25) is 0 Å². The summed E-state index contributed by atoms with van der Waals surface area (Å²) in [4.78, 5) is 2.04. The largest absolute Gasteiger partial charge is 0.383 e. The van der Waals surface area contributed by atoms with Gasteiger partial charge in [0.05, 0.1) is 0 Å². The molecular weight excluding hydrogens is 261 g/mol. The first-order valence-electron chi connectivity index (χ1n) is 6.36. The van der Waals surface area contributed by atoms with Gasteiger partial charge in [0.25, 0.3) is 0 Å². The quantitative estimate of drug-likeness (QED) is 0.931. The van der Waals surface area contributed by atoms with E-state index in [4.69, 9.17) is 5.73 Å². The molecule has 3 rings (SSSR count). The van der Waals surface area contributed by atoms with Crippen LogP contribution in [0.2, 0.25) is 0 Å². The van der Waals surface area contributed by atoms with Crippen molar-refractivity contribution in [3.8, 4) is 0 Å². The molecule has 1 aliphatic rings. The van der Waals surface area contributed by atoms with E-state index in [1.807, 2.05) is 24.1 Å². The summed E-state index contributed by atoms with van der Waals surface area (Å²) in [6.07, 6.45) is 2.37. The number of hydrogen-bond donors (Lipinski definition) is 1. The summed E-state index contributed by atoms with van der Waals surface area (Å²) >= 11 is 1.41. The number of rotatable bonds is 4. The molecule has 0 aliphatic heterocycles. The molecule has 0 spiro atoms. The highest BCUT2D eigenvalue weighted by molar-refractivity contribution is 7.10. The van der Waals surface area contributed by atoms with E-state index in [-0.39, 0.29) is 5.82 Å². The van der Waals surface area contributed by atoms with Crippen LogP contribution in [0.1, 0.15) is 29.9 Å². The Kier molecular flexibility index (Phi) is 3.14. The summed E-state index contributed by atoms with van der Waals surface area (Å²) in [7, 11) is 1.96. The van der Waals surface area contributed by atoms with Crippen molar-refractivity contribution in [2.75, 3.05) is 17.7 Å². The fourth-order valence-corrected chi connectivity index (χ4v) is 3.14. The van der Waals surface area contributed by atoms with Crippen molar-refractivity contribution in [3.63, 3.8) is 0 Å². The third-order valence-corrected chi connectivity index (χ3v) is 4.43. The maximum absolute atomic E-state index is 13.7. The minimum Gasteiger partial charge on any atom is -0.383 e. The fourth-order valence-electron chi connectivity index (χ4n) is 2.29. The van der Waals surface area contributed by atoms with Crippen LogP contribution in [0.25, 0.3) is 0 Å². The molecule has 5 heteroatoms. The minimum atomic E-state index is -0.167. The first kappa shape index (κ1) is 12.4. The van der Waals surface area contributed by atoms with Gasteiger partial charge in [0.1, 0.15) is 16.6 Å². The van der Waals surface area contributed by atoms with Crippen molar-refractivity contribution < 1.29 is 4.39 Å². The topological polar surface area (TPSA) is 42.2 Å². The second-order valence-electron chi connectivity index (χ2n) is 5.01. The van der Waals surface area contributed by atoms with Crippen LogP contribution < -0.4 is 10.6 Å². The van der Waals surface area contributed by atoms with Crippen LogP contribution in [0.4, 0.5) is 15.2 Å². The smallest absolute Gasteiger partial charge is 0.142 e. The number of halogens is 1. The summed E-state index contributed by atoms with van der Waals surface area (Å²) in [5.74, 6) is 1.03. The Morgan fingerprint density at radius 3 is 2.84 bits per heavy atom. The summed E-state index contributed by atoms with van der Waals surface area (Å²) in [6, 6.07) is 6.87. The van der Waals surface area contributed by atoms with Crippen molar-refractivity contribution in [2.45, 2.75) is 25.3 Å². The van der Waals surface area contributed by atoms with E-state index in [9.17, 15) is 4.39 Å². The number of nitrogens with two attached hydrogens (primary N) is 1. The van der Waals surface area contributed by atoms with Gasteiger partial charge in [-0.05, 0) is 36.4 Å². The standard InChI is InChI=1S/C14H16FN3S/c1-18(8-10-4-2-3-5-11(10)15)14-12(9-6-7-9)13(16)17-19-14/h2-5,9H,6-8H2,1H3,(H2,16,17). The molecule has 1 fully saturated rings. The highest BCUT2D eigenvalue weighted by Gasteiger charge is 2.31. The molecular formula is C14H16FN3S. The molecule has 2 aromatic rings. The molecule has 100 valence electrons. The molecule has 0 bridgehead atoms. The molecule has 1 aromatic carbocycles. The van der Waals surface area contributed by atoms with Gasteiger partial charge in [-0.2, -0.15) is 4.37 Å². The minimum absolute atomic E-state index is 0.167. The van der Waals surface area contributed by atoms with Gasteiger partial charge in [0.15, 0.2) is 0 Å². The van der Waals surface area contributed by atoms with Gasteiger partial charge in [0, 0.05) is 24.7 Å². The molecule has 1 saturated carbocycles. The van der Waals surface area contributed by atoms with Gasteiger partial charge in [-0.25, -0.2) is 4.39 Å². The Balaban J connectivity index is 1.84. The summed E-state index contributed by atoms with van der Waals surface area (Å²) in [5.41, 5.74) is 7.79. The molecule has 0 saturated heterocycles. The first-order chi connectivity index (χ1) is 9.16. The van der Waals surface area contributed by atoms with Gasteiger partial charge in [-0.15, -0.1) is 0 Å². The Hall–Kier alpha value is -1.62. The maximum Gasteiger partial charge on any atom is 0.142 e. The van der Waals surface area contributed by atoms with Crippen molar-refractivity contribution in [3.05, 3.63) is 41.2 Å². The Labute approximate surface area is 116 Å². The van der Waals surface area contributed by atoms with Gasteiger partial charge in [-0.3, -0.25) is 0 Å². The van der Waals surface area contributed by atoms with Crippen LogP contribution in [-0.2, 0) is 6.54 Å². The Bertz CT molecular complexity index is 592. The lowest BCUT2D eigenvalue weighted by Crippen LogP contribution is -2.17. The highest BCUT2D eigenvalue weighted by Crippen LogP contribution is 2.48. The predicted molar refractivity (Wildman–Crippen MR) is 77.0 cm³/mol. The number of aromatic nitrogens is 1. The average Bonchev–Trinajstić information content (AvgIpc) is 3.15.